The molecule has 0 aliphatic carbocycles. The lowest BCUT2D eigenvalue weighted by Crippen LogP contribution is -2.37. The standard InChI is InChI=1S/C22H24N2O3/c1-3-12-23(15-17-7-5-4-6-8-17)20(25)11-13-24-21(26)18-10-9-16(2)14-19(18)22(24)27/h4-10,14H,3,11-13,15H2,1-2H3. The van der Waals surface area contributed by atoms with Crippen LogP contribution >= 0.6 is 0 Å². The first-order chi connectivity index (χ1) is 13.0. The molecule has 0 fully saturated rings. The van der Waals surface area contributed by atoms with Crippen molar-refractivity contribution in [3.63, 3.8) is 0 Å². The van der Waals surface area contributed by atoms with Crippen molar-refractivity contribution in [2.45, 2.75) is 33.2 Å². The van der Waals surface area contributed by atoms with Crippen LogP contribution in [0, 0.1) is 6.92 Å². The smallest absolute Gasteiger partial charge is 0.261 e. The number of hydrogen-bond donors (Lipinski definition) is 0. The van der Waals surface area contributed by atoms with Crippen molar-refractivity contribution >= 4 is 17.7 Å². The van der Waals surface area contributed by atoms with Crippen LogP contribution in [0.2, 0.25) is 0 Å². The minimum Gasteiger partial charge on any atom is -0.338 e. The van der Waals surface area contributed by atoms with Crippen molar-refractivity contribution in [1.82, 2.24) is 9.80 Å². The second kappa shape index (κ2) is 8.16. The van der Waals surface area contributed by atoms with Gasteiger partial charge in [-0.05, 0) is 31.0 Å². The Balaban J connectivity index is 1.65. The van der Waals surface area contributed by atoms with Gasteiger partial charge in [-0.15, -0.1) is 0 Å². The summed E-state index contributed by atoms with van der Waals surface area (Å²) >= 11 is 0. The number of carbonyl (C=O) groups excluding carboxylic acids is 3. The summed E-state index contributed by atoms with van der Waals surface area (Å²) in [6, 6.07) is 15.1. The third-order valence-corrected chi connectivity index (χ3v) is 4.74. The monoisotopic (exact) mass is 364 g/mol. The van der Waals surface area contributed by atoms with Crippen LogP contribution in [0.25, 0.3) is 0 Å². The normalized spacial score (nSPS) is 13.0. The van der Waals surface area contributed by atoms with Crippen LogP contribution in [-0.2, 0) is 11.3 Å². The van der Waals surface area contributed by atoms with Crippen molar-refractivity contribution in [3.05, 3.63) is 70.8 Å². The molecular formula is C22H24N2O3. The summed E-state index contributed by atoms with van der Waals surface area (Å²) in [7, 11) is 0. The van der Waals surface area contributed by atoms with Gasteiger partial charge in [-0.1, -0.05) is 48.9 Å². The van der Waals surface area contributed by atoms with Crippen LogP contribution in [0.4, 0.5) is 0 Å². The van der Waals surface area contributed by atoms with E-state index in [1.807, 2.05) is 50.2 Å². The predicted octanol–water partition coefficient (Wildman–Crippen LogP) is 3.42. The number of carbonyl (C=O) groups is 3. The number of rotatable bonds is 7. The van der Waals surface area contributed by atoms with Gasteiger partial charge in [0.05, 0.1) is 11.1 Å². The highest BCUT2D eigenvalue weighted by Crippen LogP contribution is 2.24. The summed E-state index contributed by atoms with van der Waals surface area (Å²) in [4.78, 5) is 40.7. The third-order valence-electron chi connectivity index (χ3n) is 4.74. The van der Waals surface area contributed by atoms with Gasteiger partial charge in [0.25, 0.3) is 11.8 Å². The molecule has 140 valence electrons. The Morgan fingerprint density at radius 3 is 2.41 bits per heavy atom. The molecule has 0 radical (unpaired) electrons. The molecule has 0 unspecified atom stereocenters. The fourth-order valence-corrected chi connectivity index (χ4v) is 3.34. The van der Waals surface area contributed by atoms with E-state index in [2.05, 4.69) is 0 Å². The molecule has 0 aromatic heterocycles. The Kier molecular flexibility index (Phi) is 5.69. The molecule has 0 N–H and O–H groups in total. The lowest BCUT2D eigenvalue weighted by Gasteiger charge is -2.23. The zero-order chi connectivity index (χ0) is 19.4. The number of nitrogens with zero attached hydrogens (tertiary/aromatic N) is 2. The highest BCUT2D eigenvalue weighted by Gasteiger charge is 2.35. The molecule has 0 spiro atoms. The Hall–Kier alpha value is -2.95. The summed E-state index contributed by atoms with van der Waals surface area (Å²) < 4.78 is 0. The summed E-state index contributed by atoms with van der Waals surface area (Å²) in [6.45, 7) is 5.21. The van der Waals surface area contributed by atoms with Crippen molar-refractivity contribution in [2.24, 2.45) is 0 Å². The predicted molar refractivity (Wildman–Crippen MR) is 103 cm³/mol. The Morgan fingerprint density at radius 2 is 1.70 bits per heavy atom. The molecule has 2 aromatic rings. The van der Waals surface area contributed by atoms with Gasteiger partial charge in [0, 0.05) is 26.1 Å². The molecule has 27 heavy (non-hydrogen) atoms. The van der Waals surface area contributed by atoms with Crippen LogP contribution in [0.5, 0.6) is 0 Å². The summed E-state index contributed by atoms with van der Waals surface area (Å²) in [6.07, 6.45) is 0.988. The van der Waals surface area contributed by atoms with Gasteiger partial charge < -0.3 is 4.90 Å². The third kappa shape index (κ3) is 4.08. The molecule has 3 amide bonds. The Bertz CT molecular complexity index is 861. The van der Waals surface area contributed by atoms with E-state index in [9.17, 15) is 14.4 Å². The molecule has 0 bridgehead atoms. The van der Waals surface area contributed by atoms with Crippen LogP contribution in [0.1, 0.15) is 51.6 Å². The van der Waals surface area contributed by atoms with Gasteiger partial charge in [-0.25, -0.2) is 0 Å². The fourth-order valence-electron chi connectivity index (χ4n) is 3.34. The summed E-state index contributed by atoms with van der Waals surface area (Å²) in [5.41, 5.74) is 2.86. The lowest BCUT2D eigenvalue weighted by molar-refractivity contribution is -0.131. The van der Waals surface area contributed by atoms with E-state index in [4.69, 9.17) is 0 Å². The van der Waals surface area contributed by atoms with Gasteiger partial charge in [0.1, 0.15) is 0 Å². The maximum atomic E-state index is 12.7. The zero-order valence-corrected chi connectivity index (χ0v) is 15.8. The van der Waals surface area contributed by atoms with E-state index in [-0.39, 0.29) is 30.7 Å². The van der Waals surface area contributed by atoms with Crippen LogP contribution in [0.15, 0.2) is 48.5 Å². The molecular weight excluding hydrogens is 340 g/mol. The number of aryl methyl sites for hydroxylation is 1. The number of amides is 3. The van der Waals surface area contributed by atoms with Crippen LogP contribution in [0.3, 0.4) is 0 Å². The summed E-state index contributed by atoms with van der Waals surface area (Å²) in [5.74, 6) is -0.669. The summed E-state index contributed by atoms with van der Waals surface area (Å²) in [5, 5.41) is 0. The Labute approximate surface area is 159 Å². The first-order valence-corrected chi connectivity index (χ1v) is 9.29. The maximum absolute atomic E-state index is 12.7. The SMILES string of the molecule is CCCN(Cc1ccccc1)C(=O)CCN1C(=O)c2ccc(C)cc2C1=O. The molecule has 3 rings (SSSR count). The van der Waals surface area contributed by atoms with Crippen molar-refractivity contribution < 1.29 is 14.4 Å². The van der Waals surface area contributed by atoms with E-state index >= 15 is 0 Å². The van der Waals surface area contributed by atoms with Gasteiger partial charge >= 0.3 is 0 Å². The van der Waals surface area contributed by atoms with E-state index < -0.39 is 0 Å². The number of hydrogen-bond acceptors (Lipinski definition) is 3. The minimum atomic E-state index is -0.312. The molecule has 0 saturated heterocycles. The largest absolute Gasteiger partial charge is 0.338 e. The first kappa shape index (κ1) is 18.8. The minimum absolute atomic E-state index is 0.0477. The molecule has 5 nitrogen and oxygen atoms in total. The molecule has 0 saturated carbocycles. The molecule has 5 heteroatoms. The van der Waals surface area contributed by atoms with Gasteiger partial charge in [0.15, 0.2) is 0 Å². The average molecular weight is 364 g/mol. The zero-order valence-electron chi connectivity index (χ0n) is 15.8. The number of imide groups is 1. The number of fused-ring (bicyclic) bond motifs is 1. The molecule has 1 heterocycles. The Morgan fingerprint density at radius 1 is 1.00 bits per heavy atom. The number of benzene rings is 2. The van der Waals surface area contributed by atoms with Crippen molar-refractivity contribution in [2.75, 3.05) is 13.1 Å². The highest BCUT2D eigenvalue weighted by molar-refractivity contribution is 6.21. The first-order valence-electron chi connectivity index (χ1n) is 9.29. The van der Waals surface area contributed by atoms with Crippen molar-refractivity contribution in [3.8, 4) is 0 Å². The molecule has 1 aliphatic rings. The average Bonchev–Trinajstić information content (AvgIpc) is 2.90. The fraction of sp³-hybridized carbons (Fsp3) is 0.318. The van der Waals surface area contributed by atoms with Gasteiger partial charge in [-0.3, -0.25) is 19.3 Å². The van der Waals surface area contributed by atoms with Gasteiger partial charge in [-0.2, -0.15) is 0 Å². The van der Waals surface area contributed by atoms with E-state index in [0.29, 0.717) is 24.2 Å². The van der Waals surface area contributed by atoms with E-state index in [1.54, 1.807) is 17.0 Å². The van der Waals surface area contributed by atoms with E-state index in [1.165, 1.54) is 4.90 Å². The quantitative estimate of drug-likeness (QED) is 0.708. The highest BCUT2D eigenvalue weighted by atomic mass is 16.2. The second-order valence-corrected chi connectivity index (χ2v) is 6.86. The molecule has 1 aliphatic heterocycles. The molecule has 2 aromatic carbocycles. The second-order valence-electron chi connectivity index (χ2n) is 6.86. The molecule has 0 atom stereocenters. The van der Waals surface area contributed by atoms with Crippen molar-refractivity contribution in [1.29, 1.82) is 0 Å². The van der Waals surface area contributed by atoms with Gasteiger partial charge in [0.2, 0.25) is 5.91 Å². The lowest BCUT2D eigenvalue weighted by atomic mass is 10.1. The maximum Gasteiger partial charge on any atom is 0.261 e. The topological polar surface area (TPSA) is 57.7 Å². The van der Waals surface area contributed by atoms with Crippen LogP contribution < -0.4 is 0 Å². The van der Waals surface area contributed by atoms with Crippen LogP contribution in [-0.4, -0.2) is 40.6 Å². The van der Waals surface area contributed by atoms with E-state index in [0.717, 1.165) is 17.5 Å².